The van der Waals surface area contributed by atoms with Crippen molar-refractivity contribution in [2.24, 2.45) is 0 Å². The van der Waals surface area contributed by atoms with Gasteiger partial charge in [0.05, 0.1) is 6.54 Å². The van der Waals surface area contributed by atoms with Gasteiger partial charge >= 0.3 is 0 Å². The van der Waals surface area contributed by atoms with Gasteiger partial charge in [-0.2, -0.15) is 4.98 Å². The molecule has 0 atom stereocenters. The average molecular weight is 217 g/mol. The van der Waals surface area contributed by atoms with Crippen molar-refractivity contribution in [3.63, 3.8) is 0 Å². The van der Waals surface area contributed by atoms with E-state index in [1.807, 2.05) is 10.8 Å². The largest absolute Gasteiger partial charge is 0.346 e. The lowest BCUT2D eigenvalue weighted by molar-refractivity contribution is 0.112. The Labute approximate surface area is 92.1 Å². The maximum absolute atomic E-state index is 10.5. The van der Waals surface area contributed by atoms with Gasteiger partial charge in [0.25, 0.3) is 0 Å². The molecular formula is C11H11N3O2. The zero-order valence-corrected chi connectivity index (χ0v) is 8.67. The number of hydrogen-bond acceptors (Lipinski definition) is 4. The second kappa shape index (κ2) is 3.59. The average Bonchev–Trinajstić information content (AvgIpc) is 2.88. The molecule has 0 radical (unpaired) electrons. The zero-order valence-electron chi connectivity index (χ0n) is 8.67. The van der Waals surface area contributed by atoms with Gasteiger partial charge in [0.2, 0.25) is 5.89 Å². The molecule has 1 aliphatic carbocycles. The minimum atomic E-state index is 0.483. The summed E-state index contributed by atoms with van der Waals surface area (Å²) < 4.78 is 7.02. The van der Waals surface area contributed by atoms with Crippen LogP contribution in [-0.4, -0.2) is 21.0 Å². The standard InChI is InChI=1S/C11H11N3O2/c15-7-8-3-4-14(5-8)6-10-12-11(16-13-10)9-1-2-9/h3-5,7,9H,1-2,6H2. The molecule has 1 saturated carbocycles. The zero-order chi connectivity index (χ0) is 11.0. The van der Waals surface area contributed by atoms with E-state index >= 15 is 0 Å². The summed E-state index contributed by atoms with van der Waals surface area (Å²) in [6.45, 7) is 0.546. The van der Waals surface area contributed by atoms with Crippen LogP contribution in [0, 0.1) is 0 Å². The van der Waals surface area contributed by atoms with Gasteiger partial charge in [-0.05, 0) is 18.9 Å². The van der Waals surface area contributed by atoms with Gasteiger partial charge in [-0.15, -0.1) is 0 Å². The SMILES string of the molecule is O=Cc1ccn(Cc2noc(C3CC3)n2)c1. The Morgan fingerprint density at radius 2 is 2.44 bits per heavy atom. The van der Waals surface area contributed by atoms with Crippen LogP contribution in [0.1, 0.15) is 40.8 Å². The van der Waals surface area contributed by atoms with Crippen LogP contribution in [0.4, 0.5) is 0 Å². The molecule has 0 saturated heterocycles. The fraction of sp³-hybridized carbons (Fsp3) is 0.364. The van der Waals surface area contributed by atoms with E-state index in [2.05, 4.69) is 10.1 Å². The summed E-state index contributed by atoms with van der Waals surface area (Å²) in [5.74, 6) is 1.89. The molecule has 16 heavy (non-hydrogen) atoms. The van der Waals surface area contributed by atoms with Crippen LogP contribution in [0.3, 0.4) is 0 Å². The lowest BCUT2D eigenvalue weighted by Gasteiger charge is -1.95. The highest BCUT2D eigenvalue weighted by Gasteiger charge is 2.29. The number of hydrogen-bond donors (Lipinski definition) is 0. The molecule has 5 nitrogen and oxygen atoms in total. The van der Waals surface area contributed by atoms with Crippen molar-refractivity contribution >= 4 is 6.29 Å². The monoisotopic (exact) mass is 217 g/mol. The van der Waals surface area contributed by atoms with Gasteiger partial charge in [0.15, 0.2) is 12.1 Å². The number of rotatable bonds is 4. The number of carbonyl (C=O) groups excluding carboxylic acids is 1. The summed E-state index contributed by atoms with van der Waals surface area (Å²) in [5, 5.41) is 3.91. The molecule has 2 aromatic rings. The fourth-order valence-corrected chi connectivity index (χ4v) is 1.62. The molecule has 1 fully saturated rings. The Kier molecular flexibility index (Phi) is 2.09. The second-order valence-electron chi connectivity index (χ2n) is 4.06. The van der Waals surface area contributed by atoms with Crippen LogP contribution < -0.4 is 0 Å². The van der Waals surface area contributed by atoms with Crippen molar-refractivity contribution in [3.05, 3.63) is 35.7 Å². The predicted molar refractivity (Wildman–Crippen MR) is 55.2 cm³/mol. The molecule has 0 aromatic carbocycles. The summed E-state index contributed by atoms with van der Waals surface area (Å²) in [4.78, 5) is 14.8. The number of nitrogens with zero attached hydrogens (tertiary/aromatic N) is 3. The molecule has 2 heterocycles. The molecule has 5 heteroatoms. The van der Waals surface area contributed by atoms with Crippen molar-refractivity contribution in [2.45, 2.75) is 25.3 Å². The summed E-state index contributed by atoms with van der Waals surface area (Å²) in [7, 11) is 0. The summed E-state index contributed by atoms with van der Waals surface area (Å²) in [6, 6.07) is 1.76. The summed E-state index contributed by atoms with van der Waals surface area (Å²) >= 11 is 0. The van der Waals surface area contributed by atoms with Crippen molar-refractivity contribution in [3.8, 4) is 0 Å². The van der Waals surface area contributed by atoms with E-state index in [4.69, 9.17) is 4.52 Å². The van der Waals surface area contributed by atoms with E-state index in [9.17, 15) is 4.79 Å². The Morgan fingerprint density at radius 1 is 1.56 bits per heavy atom. The second-order valence-corrected chi connectivity index (χ2v) is 4.06. The molecule has 2 aromatic heterocycles. The maximum atomic E-state index is 10.5. The van der Waals surface area contributed by atoms with Gasteiger partial charge in [-0.25, -0.2) is 0 Å². The first kappa shape index (κ1) is 9.33. The van der Waals surface area contributed by atoms with Crippen molar-refractivity contribution in [2.75, 3.05) is 0 Å². The van der Waals surface area contributed by atoms with Crippen LogP contribution in [0.15, 0.2) is 23.0 Å². The van der Waals surface area contributed by atoms with Gasteiger partial charge in [-0.1, -0.05) is 5.16 Å². The van der Waals surface area contributed by atoms with Crippen LogP contribution >= 0.6 is 0 Å². The Balaban J connectivity index is 1.74. The van der Waals surface area contributed by atoms with Gasteiger partial charge in [-0.3, -0.25) is 4.79 Å². The molecular weight excluding hydrogens is 206 g/mol. The molecule has 0 unspecified atom stereocenters. The van der Waals surface area contributed by atoms with Gasteiger partial charge in [0, 0.05) is 23.9 Å². The summed E-state index contributed by atoms with van der Waals surface area (Å²) in [6.07, 6.45) is 6.72. The van der Waals surface area contributed by atoms with Crippen molar-refractivity contribution in [1.82, 2.24) is 14.7 Å². The molecule has 0 bridgehead atoms. The van der Waals surface area contributed by atoms with E-state index in [1.54, 1.807) is 12.3 Å². The molecule has 0 spiro atoms. The quantitative estimate of drug-likeness (QED) is 0.730. The lowest BCUT2D eigenvalue weighted by atomic mass is 10.4. The third kappa shape index (κ3) is 1.76. The first-order chi connectivity index (χ1) is 7.85. The molecule has 82 valence electrons. The van der Waals surface area contributed by atoms with Gasteiger partial charge in [0.1, 0.15) is 0 Å². The Morgan fingerprint density at radius 3 is 3.12 bits per heavy atom. The van der Waals surface area contributed by atoms with Gasteiger partial charge < -0.3 is 9.09 Å². The smallest absolute Gasteiger partial charge is 0.229 e. The van der Waals surface area contributed by atoms with Crippen LogP contribution in [0.5, 0.6) is 0 Å². The third-order valence-electron chi connectivity index (χ3n) is 2.64. The fourth-order valence-electron chi connectivity index (χ4n) is 1.62. The third-order valence-corrected chi connectivity index (χ3v) is 2.64. The molecule has 1 aliphatic rings. The lowest BCUT2D eigenvalue weighted by Crippen LogP contribution is -1.98. The van der Waals surface area contributed by atoms with E-state index in [1.165, 1.54) is 0 Å². The van der Waals surface area contributed by atoms with Crippen LogP contribution in [0.2, 0.25) is 0 Å². The van der Waals surface area contributed by atoms with Crippen molar-refractivity contribution < 1.29 is 9.32 Å². The molecule has 0 N–H and O–H groups in total. The topological polar surface area (TPSA) is 60.9 Å². The van der Waals surface area contributed by atoms with Crippen LogP contribution in [-0.2, 0) is 6.54 Å². The highest BCUT2D eigenvalue weighted by atomic mass is 16.5. The van der Waals surface area contributed by atoms with E-state index < -0.39 is 0 Å². The minimum Gasteiger partial charge on any atom is -0.346 e. The Bertz CT molecular complexity index is 511. The molecule has 0 aliphatic heterocycles. The van der Waals surface area contributed by atoms with Crippen molar-refractivity contribution in [1.29, 1.82) is 0 Å². The molecule has 3 rings (SSSR count). The van der Waals surface area contributed by atoms with E-state index in [0.29, 0.717) is 23.9 Å². The highest BCUT2D eigenvalue weighted by Crippen LogP contribution is 2.38. The number of aromatic nitrogens is 3. The Hall–Kier alpha value is -1.91. The number of carbonyl (C=O) groups is 1. The van der Waals surface area contributed by atoms with E-state index in [-0.39, 0.29) is 0 Å². The predicted octanol–water partition coefficient (Wildman–Crippen LogP) is 1.61. The first-order valence-corrected chi connectivity index (χ1v) is 5.28. The highest BCUT2D eigenvalue weighted by molar-refractivity contribution is 5.74. The molecule has 0 amide bonds. The van der Waals surface area contributed by atoms with E-state index in [0.717, 1.165) is 25.0 Å². The minimum absolute atomic E-state index is 0.483. The first-order valence-electron chi connectivity index (χ1n) is 5.28. The maximum Gasteiger partial charge on any atom is 0.229 e. The number of aldehydes is 1. The van der Waals surface area contributed by atoms with Crippen LogP contribution in [0.25, 0.3) is 0 Å². The summed E-state index contributed by atoms with van der Waals surface area (Å²) in [5.41, 5.74) is 0.658. The normalized spacial score (nSPS) is 15.2.